The van der Waals surface area contributed by atoms with Gasteiger partial charge in [0.05, 0.1) is 16.0 Å². The molecule has 30 heavy (non-hydrogen) atoms. The molecule has 0 aliphatic carbocycles. The Kier molecular flexibility index (Phi) is 4.74. The molecule has 0 amide bonds. The van der Waals surface area contributed by atoms with Gasteiger partial charge in [-0.25, -0.2) is 13.1 Å². The number of hydrogen-bond acceptors (Lipinski definition) is 3. The van der Waals surface area contributed by atoms with Crippen molar-refractivity contribution in [3.63, 3.8) is 0 Å². The molecule has 0 unspecified atom stereocenters. The summed E-state index contributed by atoms with van der Waals surface area (Å²) in [5.41, 5.74) is 1.03. The maximum absolute atomic E-state index is 12.9. The molecule has 0 aliphatic heterocycles. The van der Waals surface area contributed by atoms with Crippen LogP contribution in [0.4, 0.5) is 13.2 Å². The van der Waals surface area contributed by atoms with Gasteiger partial charge >= 0.3 is 6.18 Å². The van der Waals surface area contributed by atoms with Crippen molar-refractivity contribution in [3.8, 4) is 17.0 Å². The van der Waals surface area contributed by atoms with Crippen LogP contribution in [0.2, 0.25) is 0 Å². The number of fused-ring (bicyclic) bond motifs is 1. The zero-order chi connectivity index (χ0) is 21.7. The molecule has 9 heteroatoms. The average molecular weight is 434 g/mol. The minimum Gasteiger partial charge on any atom is -0.461 e. The van der Waals surface area contributed by atoms with Crippen LogP contribution in [0.15, 0.2) is 70.1 Å². The number of aromatic nitrogens is 1. The summed E-state index contributed by atoms with van der Waals surface area (Å²) in [4.78, 5) is 0.0761. The molecule has 0 saturated carbocycles. The first kappa shape index (κ1) is 20.2. The summed E-state index contributed by atoms with van der Waals surface area (Å²) in [5.74, 6) is 1.21. The molecule has 4 rings (SSSR count). The van der Waals surface area contributed by atoms with Gasteiger partial charge in [0.1, 0.15) is 11.5 Å². The maximum Gasteiger partial charge on any atom is 0.416 e. The summed E-state index contributed by atoms with van der Waals surface area (Å²) < 4.78 is 72.9. The van der Waals surface area contributed by atoms with Crippen molar-refractivity contribution in [2.24, 2.45) is 0 Å². The Morgan fingerprint density at radius 1 is 1.00 bits per heavy atom. The largest absolute Gasteiger partial charge is 0.461 e. The molecule has 156 valence electrons. The number of sulfonamides is 1. The SMILES string of the molecule is CNS(=O)(=O)c1ccc2c(c1)c(-c1ccc(C)o1)cn2-c1ccc(C(F)(F)F)cc1. The highest BCUT2D eigenvalue weighted by molar-refractivity contribution is 7.89. The Morgan fingerprint density at radius 3 is 2.27 bits per heavy atom. The smallest absolute Gasteiger partial charge is 0.416 e. The average Bonchev–Trinajstić information content (AvgIpc) is 3.30. The van der Waals surface area contributed by atoms with Crippen LogP contribution in [0.25, 0.3) is 27.9 Å². The summed E-state index contributed by atoms with van der Waals surface area (Å²) in [6, 6.07) is 12.9. The van der Waals surface area contributed by atoms with Crippen molar-refractivity contribution in [2.75, 3.05) is 7.05 Å². The second-order valence-electron chi connectivity index (χ2n) is 6.75. The molecule has 0 saturated heterocycles. The van der Waals surface area contributed by atoms with E-state index in [9.17, 15) is 21.6 Å². The lowest BCUT2D eigenvalue weighted by molar-refractivity contribution is -0.137. The van der Waals surface area contributed by atoms with E-state index in [1.165, 1.54) is 31.3 Å². The van der Waals surface area contributed by atoms with E-state index in [0.717, 1.165) is 12.1 Å². The van der Waals surface area contributed by atoms with Gasteiger partial charge in [-0.1, -0.05) is 0 Å². The van der Waals surface area contributed by atoms with Crippen LogP contribution >= 0.6 is 0 Å². The minimum atomic E-state index is -4.43. The second-order valence-corrected chi connectivity index (χ2v) is 8.64. The van der Waals surface area contributed by atoms with Crippen molar-refractivity contribution in [1.82, 2.24) is 9.29 Å². The maximum atomic E-state index is 12.9. The summed E-state index contributed by atoms with van der Waals surface area (Å²) in [5, 5.41) is 0.598. The molecule has 0 aliphatic rings. The summed E-state index contributed by atoms with van der Waals surface area (Å²) >= 11 is 0. The van der Waals surface area contributed by atoms with Gasteiger partial charge in [0.2, 0.25) is 10.0 Å². The molecule has 4 aromatic rings. The monoisotopic (exact) mass is 434 g/mol. The van der Waals surface area contributed by atoms with Gasteiger partial charge in [0, 0.05) is 22.8 Å². The van der Waals surface area contributed by atoms with Gasteiger partial charge < -0.3 is 8.98 Å². The van der Waals surface area contributed by atoms with Crippen LogP contribution in [0.3, 0.4) is 0 Å². The van der Waals surface area contributed by atoms with Crippen molar-refractivity contribution in [3.05, 3.63) is 72.1 Å². The first-order valence-electron chi connectivity index (χ1n) is 8.93. The first-order chi connectivity index (χ1) is 14.1. The van der Waals surface area contributed by atoms with Gasteiger partial charge in [0.25, 0.3) is 0 Å². The fraction of sp³-hybridized carbons (Fsp3) is 0.143. The predicted octanol–water partition coefficient (Wildman–Crippen LogP) is 5.13. The highest BCUT2D eigenvalue weighted by Crippen LogP contribution is 2.36. The van der Waals surface area contributed by atoms with Crippen LogP contribution in [-0.4, -0.2) is 20.0 Å². The standard InChI is InChI=1S/C21H17F3N2O3S/c1-13-3-10-20(29-13)18-12-26(15-6-4-14(5-7-15)21(22,23)24)19-9-8-16(11-17(18)19)30(27,28)25-2/h3-12,25H,1-2H3. The third kappa shape index (κ3) is 3.50. The number of nitrogens with zero attached hydrogens (tertiary/aromatic N) is 1. The Hall–Kier alpha value is -3.04. The molecule has 5 nitrogen and oxygen atoms in total. The van der Waals surface area contributed by atoms with E-state index >= 15 is 0 Å². The highest BCUT2D eigenvalue weighted by atomic mass is 32.2. The van der Waals surface area contributed by atoms with Crippen LogP contribution in [0.5, 0.6) is 0 Å². The van der Waals surface area contributed by atoms with Gasteiger partial charge in [0.15, 0.2) is 0 Å². The number of halogens is 3. The van der Waals surface area contributed by atoms with Crippen LogP contribution in [0, 0.1) is 6.92 Å². The summed E-state index contributed by atoms with van der Waals surface area (Å²) in [7, 11) is -2.35. The quantitative estimate of drug-likeness (QED) is 0.485. The molecular formula is C21H17F3N2O3S. The van der Waals surface area contributed by atoms with E-state index in [2.05, 4.69) is 4.72 Å². The summed E-state index contributed by atoms with van der Waals surface area (Å²) in [6.07, 6.45) is -2.70. The first-order valence-corrected chi connectivity index (χ1v) is 10.4. The summed E-state index contributed by atoms with van der Waals surface area (Å²) in [6.45, 7) is 1.79. The van der Waals surface area contributed by atoms with Gasteiger partial charge in [-0.3, -0.25) is 0 Å². The molecule has 2 aromatic carbocycles. The second kappa shape index (κ2) is 7.03. The van der Waals surface area contributed by atoms with Crippen molar-refractivity contribution >= 4 is 20.9 Å². The molecular weight excluding hydrogens is 417 g/mol. The van der Waals surface area contributed by atoms with E-state index in [0.29, 0.717) is 33.7 Å². The molecule has 0 radical (unpaired) electrons. The van der Waals surface area contributed by atoms with E-state index in [1.54, 1.807) is 35.9 Å². The fourth-order valence-corrected chi connectivity index (χ4v) is 4.05. The fourth-order valence-electron chi connectivity index (χ4n) is 3.29. The lowest BCUT2D eigenvalue weighted by atomic mass is 10.1. The molecule has 0 bridgehead atoms. The third-order valence-electron chi connectivity index (χ3n) is 4.83. The number of rotatable bonds is 4. The number of hydrogen-bond donors (Lipinski definition) is 1. The Balaban J connectivity index is 1.95. The number of furan rings is 1. The molecule has 2 aromatic heterocycles. The van der Waals surface area contributed by atoms with Gasteiger partial charge in [-0.15, -0.1) is 0 Å². The predicted molar refractivity (Wildman–Crippen MR) is 107 cm³/mol. The van der Waals surface area contributed by atoms with Crippen LogP contribution < -0.4 is 4.72 Å². The van der Waals surface area contributed by atoms with E-state index in [-0.39, 0.29) is 4.90 Å². The molecule has 0 atom stereocenters. The zero-order valence-electron chi connectivity index (χ0n) is 16.0. The highest BCUT2D eigenvalue weighted by Gasteiger charge is 2.30. The van der Waals surface area contributed by atoms with Gasteiger partial charge in [-0.05, 0) is 68.6 Å². The van der Waals surface area contributed by atoms with Crippen LogP contribution in [-0.2, 0) is 16.2 Å². The molecule has 2 heterocycles. The van der Waals surface area contributed by atoms with E-state index in [1.807, 2.05) is 0 Å². The zero-order valence-corrected chi connectivity index (χ0v) is 16.8. The molecule has 0 spiro atoms. The Morgan fingerprint density at radius 2 is 1.70 bits per heavy atom. The third-order valence-corrected chi connectivity index (χ3v) is 6.25. The van der Waals surface area contributed by atoms with Crippen LogP contribution in [0.1, 0.15) is 11.3 Å². The normalized spacial score (nSPS) is 12.6. The number of alkyl halides is 3. The van der Waals surface area contributed by atoms with E-state index in [4.69, 9.17) is 4.42 Å². The van der Waals surface area contributed by atoms with E-state index < -0.39 is 21.8 Å². The van der Waals surface area contributed by atoms with Crippen molar-refractivity contribution in [1.29, 1.82) is 0 Å². The van der Waals surface area contributed by atoms with Crippen molar-refractivity contribution in [2.45, 2.75) is 18.0 Å². The molecule has 1 N–H and O–H groups in total. The molecule has 0 fully saturated rings. The Labute approximate surface area is 170 Å². The van der Waals surface area contributed by atoms with Crippen molar-refractivity contribution < 1.29 is 26.0 Å². The topological polar surface area (TPSA) is 64.2 Å². The van der Waals surface area contributed by atoms with Gasteiger partial charge in [-0.2, -0.15) is 13.2 Å². The number of aryl methyl sites for hydroxylation is 1. The Bertz CT molecular complexity index is 1330. The number of nitrogens with one attached hydrogen (secondary N) is 1. The number of benzene rings is 2. The lowest BCUT2D eigenvalue weighted by Crippen LogP contribution is -2.18. The lowest BCUT2D eigenvalue weighted by Gasteiger charge is -2.09. The minimum absolute atomic E-state index is 0.0761.